The van der Waals surface area contributed by atoms with Gasteiger partial charge in [0, 0.05) is 4.90 Å². The zero-order valence-electron chi connectivity index (χ0n) is 7.36. The number of hydrogen-bond acceptors (Lipinski definition) is 2. The molecule has 0 unspecified atom stereocenters. The van der Waals surface area contributed by atoms with Crippen LogP contribution >= 0.6 is 25.3 Å². The van der Waals surface area contributed by atoms with Crippen LogP contribution in [0.4, 0.5) is 0 Å². The van der Waals surface area contributed by atoms with Crippen molar-refractivity contribution in [3.63, 3.8) is 0 Å². The normalized spacial score (nSPS) is 9.33. The first-order chi connectivity index (χ1) is 5.84. The summed E-state index contributed by atoms with van der Waals surface area (Å²) in [5, 5.41) is 0. The van der Waals surface area contributed by atoms with Crippen molar-refractivity contribution in [2.75, 3.05) is 6.26 Å². The van der Waals surface area contributed by atoms with Gasteiger partial charge in [-0.1, -0.05) is 30.4 Å². The quantitative estimate of drug-likeness (QED) is 0.633. The van der Waals surface area contributed by atoms with Crippen molar-refractivity contribution in [2.45, 2.75) is 11.8 Å². The molecule has 0 nitrogen and oxygen atoms in total. The second-order valence-electron chi connectivity index (χ2n) is 2.06. The number of hydrogen-bond donors (Lipinski definition) is 2. The van der Waals surface area contributed by atoms with Crippen LogP contribution in [0.15, 0.2) is 35.2 Å². The van der Waals surface area contributed by atoms with E-state index in [2.05, 4.69) is 25.3 Å². The lowest BCUT2D eigenvalue weighted by Crippen LogP contribution is -1.72. The summed E-state index contributed by atoms with van der Waals surface area (Å²) in [6, 6.07) is 8.02. The van der Waals surface area contributed by atoms with Crippen LogP contribution in [0.2, 0.25) is 0 Å². The van der Waals surface area contributed by atoms with Crippen LogP contribution < -0.4 is 0 Å². The predicted molar refractivity (Wildman–Crippen MR) is 63.3 cm³/mol. The van der Waals surface area contributed by atoms with E-state index in [1.165, 1.54) is 5.56 Å². The van der Waals surface area contributed by atoms with Gasteiger partial charge in [0.15, 0.2) is 0 Å². The van der Waals surface area contributed by atoms with Gasteiger partial charge in [-0.2, -0.15) is 12.6 Å². The largest absolute Gasteiger partial charge is 0.183 e. The zero-order chi connectivity index (χ0) is 9.40. The van der Waals surface area contributed by atoms with Crippen LogP contribution in [0.25, 0.3) is 6.08 Å². The third kappa shape index (κ3) is 3.88. The third-order valence-corrected chi connectivity index (χ3v) is 1.69. The molecule has 0 amide bonds. The summed E-state index contributed by atoms with van der Waals surface area (Å²) in [4.78, 5) is 1.03. The molecular formula is C10H14S2. The lowest BCUT2D eigenvalue weighted by molar-refractivity contribution is 1.43. The minimum Gasteiger partial charge on any atom is -0.183 e. The Bertz CT molecular complexity index is 241. The summed E-state index contributed by atoms with van der Waals surface area (Å²) < 4.78 is 0. The highest BCUT2D eigenvalue weighted by Crippen LogP contribution is 2.13. The number of rotatable bonds is 1. The van der Waals surface area contributed by atoms with Crippen molar-refractivity contribution < 1.29 is 0 Å². The first kappa shape index (κ1) is 11.7. The zero-order valence-corrected chi connectivity index (χ0v) is 9.15. The Balaban J connectivity index is 0.000000561. The molecule has 0 aliphatic rings. The van der Waals surface area contributed by atoms with E-state index in [1.807, 2.05) is 43.3 Å². The molecule has 0 radical (unpaired) electrons. The average Bonchev–Trinajstić information content (AvgIpc) is 2.13. The highest BCUT2D eigenvalue weighted by Gasteiger charge is 1.88. The number of allylic oxidation sites excluding steroid dienone is 1. The molecule has 1 rings (SSSR count). The van der Waals surface area contributed by atoms with Gasteiger partial charge in [-0.25, -0.2) is 0 Å². The first-order valence-electron chi connectivity index (χ1n) is 3.70. The van der Waals surface area contributed by atoms with Gasteiger partial charge in [-0.15, -0.1) is 12.6 Å². The second kappa shape index (κ2) is 7.32. The van der Waals surface area contributed by atoms with E-state index in [0.29, 0.717) is 0 Å². The molecule has 0 spiro atoms. The molecule has 0 aliphatic carbocycles. The van der Waals surface area contributed by atoms with E-state index in [9.17, 15) is 0 Å². The Morgan fingerprint density at radius 1 is 1.17 bits per heavy atom. The smallest absolute Gasteiger partial charge is 0.0112 e. The summed E-state index contributed by atoms with van der Waals surface area (Å²) in [6.45, 7) is 2.00. The van der Waals surface area contributed by atoms with Gasteiger partial charge < -0.3 is 0 Å². The molecule has 0 saturated carbocycles. The summed E-state index contributed by atoms with van der Waals surface area (Å²) in [6.07, 6.45) is 5.75. The summed E-state index contributed by atoms with van der Waals surface area (Å²) in [5.41, 5.74) is 1.17. The van der Waals surface area contributed by atoms with Crippen molar-refractivity contribution in [1.29, 1.82) is 0 Å². The molecule has 0 N–H and O–H groups in total. The molecule has 1 aromatic rings. The van der Waals surface area contributed by atoms with Gasteiger partial charge in [0.1, 0.15) is 0 Å². The van der Waals surface area contributed by atoms with Crippen LogP contribution in [0.1, 0.15) is 12.5 Å². The van der Waals surface area contributed by atoms with Gasteiger partial charge in [0.25, 0.3) is 0 Å². The van der Waals surface area contributed by atoms with Crippen molar-refractivity contribution in [2.24, 2.45) is 0 Å². The van der Waals surface area contributed by atoms with E-state index >= 15 is 0 Å². The Morgan fingerprint density at radius 2 is 1.75 bits per heavy atom. The molecule has 1 aromatic carbocycles. The van der Waals surface area contributed by atoms with E-state index in [0.717, 1.165) is 4.90 Å². The SMILES string of the molecule is C/C=C/c1ccccc1S.CS. The molecule has 0 saturated heterocycles. The van der Waals surface area contributed by atoms with Crippen LogP contribution in [-0.2, 0) is 0 Å². The lowest BCUT2D eigenvalue weighted by Gasteiger charge is -1.95. The minimum absolute atomic E-state index is 1.03. The van der Waals surface area contributed by atoms with Crippen LogP contribution in [-0.4, -0.2) is 6.26 Å². The third-order valence-electron chi connectivity index (χ3n) is 1.28. The van der Waals surface area contributed by atoms with Gasteiger partial charge in [0.05, 0.1) is 0 Å². The summed E-state index contributed by atoms with van der Waals surface area (Å²) >= 11 is 7.81. The van der Waals surface area contributed by atoms with Gasteiger partial charge in [0.2, 0.25) is 0 Å². The van der Waals surface area contributed by atoms with E-state index in [4.69, 9.17) is 0 Å². The molecular weight excluding hydrogens is 184 g/mol. The monoisotopic (exact) mass is 198 g/mol. The molecule has 0 fully saturated rings. The molecule has 0 atom stereocenters. The van der Waals surface area contributed by atoms with E-state index in [-0.39, 0.29) is 0 Å². The van der Waals surface area contributed by atoms with Crippen molar-refractivity contribution in [3.05, 3.63) is 35.9 Å². The molecule has 0 bridgehead atoms. The van der Waals surface area contributed by atoms with Crippen LogP contribution in [0, 0.1) is 0 Å². The fourth-order valence-electron chi connectivity index (χ4n) is 0.808. The maximum atomic E-state index is 4.28. The van der Waals surface area contributed by atoms with Gasteiger partial charge in [-0.05, 0) is 24.8 Å². The van der Waals surface area contributed by atoms with Crippen LogP contribution in [0.3, 0.4) is 0 Å². The molecule has 0 aliphatic heterocycles. The van der Waals surface area contributed by atoms with Gasteiger partial charge >= 0.3 is 0 Å². The predicted octanol–water partition coefficient (Wildman–Crippen LogP) is 3.55. The van der Waals surface area contributed by atoms with E-state index < -0.39 is 0 Å². The minimum atomic E-state index is 1.03. The average molecular weight is 198 g/mol. The van der Waals surface area contributed by atoms with Crippen molar-refractivity contribution in [3.8, 4) is 0 Å². The topological polar surface area (TPSA) is 0 Å². The van der Waals surface area contributed by atoms with E-state index in [1.54, 1.807) is 6.26 Å². The lowest BCUT2D eigenvalue weighted by atomic mass is 10.2. The van der Waals surface area contributed by atoms with Crippen molar-refractivity contribution in [1.82, 2.24) is 0 Å². The molecule has 0 aromatic heterocycles. The number of benzene rings is 1. The second-order valence-corrected chi connectivity index (χ2v) is 2.54. The van der Waals surface area contributed by atoms with Gasteiger partial charge in [-0.3, -0.25) is 0 Å². The molecule has 12 heavy (non-hydrogen) atoms. The Hall–Kier alpha value is -0.340. The Labute approximate surface area is 85.5 Å². The fraction of sp³-hybridized carbons (Fsp3) is 0.200. The summed E-state index contributed by atoms with van der Waals surface area (Å²) in [7, 11) is 0. The highest BCUT2D eigenvalue weighted by atomic mass is 32.1. The fourth-order valence-corrected chi connectivity index (χ4v) is 1.04. The standard InChI is InChI=1S/C9H10S.CH4S/c1-2-5-8-6-3-4-7-9(8)10;1-2/h2-7,10H,1H3;2H,1H3/b5-2+;. The number of thiol groups is 2. The maximum Gasteiger partial charge on any atom is 0.0112 e. The first-order valence-corrected chi connectivity index (χ1v) is 5.04. The molecule has 2 heteroatoms. The Morgan fingerprint density at radius 3 is 2.25 bits per heavy atom. The summed E-state index contributed by atoms with van der Waals surface area (Å²) in [5.74, 6) is 0. The molecule has 66 valence electrons. The van der Waals surface area contributed by atoms with Crippen molar-refractivity contribution >= 4 is 31.3 Å². The maximum absolute atomic E-state index is 4.28. The molecule has 0 heterocycles. The van der Waals surface area contributed by atoms with Crippen LogP contribution in [0.5, 0.6) is 0 Å². The highest BCUT2D eigenvalue weighted by molar-refractivity contribution is 7.80. The Kier molecular flexibility index (Phi) is 7.11.